The number of alkyl halides is 13. The maximum atomic E-state index is 13.1. The maximum absolute atomic E-state index is 13.1. The summed E-state index contributed by atoms with van der Waals surface area (Å²) in [5.74, 6) is -38.4. The molecule has 0 aromatic rings. The fourth-order valence-electron chi connectivity index (χ4n) is 1.26. The lowest BCUT2D eigenvalue weighted by Crippen LogP contribution is -2.76. The predicted octanol–water partition coefficient (Wildman–Crippen LogP) is 2.61. The topological polar surface area (TPSA) is 60.7 Å². The van der Waals surface area contributed by atoms with Crippen LogP contribution in [0.15, 0.2) is 0 Å². The molecule has 3 N–H and O–H groups in total. The Morgan fingerprint density at radius 2 is 0.880 bits per heavy atom. The maximum Gasteiger partial charge on any atom is 0.574 e. The van der Waals surface area contributed by atoms with Gasteiger partial charge in [-0.1, -0.05) is 0 Å². The summed E-state index contributed by atoms with van der Waals surface area (Å²) in [5, 5.41) is 0. The van der Waals surface area contributed by atoms with Gasteiger partial charge in [0, 0.05) is 0 Å². The predicted molar refractivity (Wildman–Crippen MR) is 52.7 cm³/mol. The summed E-state index contributed by atoms with van der Waals surface area (Å²) in [6.07, 6.45) is -4.32. The molecule has 0 rings (SSSR count). The van der Waals surface area contributed by atoms with E-state index in [-0.39, 0.29) is 0 Å². The Hall–Kier alpha value is -0.813. The zero-order valence-electron chi connectivity index (χ0n) is 11.3. The van der Waals surface area contributed by atoms with Crippen molar-refractivity contribution in [1.29, 1.82) is 0 Å². The number of hydrogen-bond donors (Lipinski definition) is 3. The van der Waals surface area contributed by atoms with E-state index in [1.807, 2.05) is 0 Å². The largest absolute Gasteiger partial charge is 0.574 e. The van der Waals surface area contributed by atoms with Crippen molar-refractivity contribution in [3.63, 3.8) is 0 Å². The van der Waals surface area contributed by atoms with Crippen molar-refractivity contribution < 1.29 is 71.5 Å². The first-order valence-corrected chi connectivity index (χ1v) is 7.36. The van der Waals surface area contributed by atoms with Gasteiger partial charge in [-0.25, -0.2) is 4.39 Å². The second-order valence-electron chi connectivity index (χ2n) is 4.75. The molecule has 0 aromatic carbocycles. The van der Waals surface area contributed by atoms with Gasteiger partial charge in [0.15, 0.2) is 6.17 Å². The lowest BCUT2D eigenvalue weighted by Gasteiger charge is -2.42. The molecule has 0 aliphatic carbocycles. The fraction of sp³-hybridized carbons (Fsp3) is 1.00. The molecule has 0 amide bonds. The standard InChI is InChI=1S/C8H7F13O3Si/c1-2(9)3(10,11)4(12,13)5(14,15)6(16,17)7(18,19)8(20,21)25(22,23)24/h2,22-24H,1H3. The highest BCUT2D eigenvalue weighted by Gasteiger charge is 2.93. The van der Waals surface area contributed by atoms with E-state index in [9.17, 15) is 57.1 Å². The second-order valence-corrected chi connectivity index (χ2v) is 6.65. The Labute approximate surface area is 130 Å². The van der Waals surface area contributed by atoms with Gasteiger partial charge in [0.25, 0.3) is 0 Å². The molecule has 25 heavy (non-hydrogen) atoms. The van der Waals surface area contributed by atoms with Gasteiger partial charge in [-0.3, -0.25) is 0 Å². The zero-order valence-corrected chi connectivity index (χ0v) is 12.3. The lowest BCUT2D eigenvalue weighted by atomic mass is 9.92. The molecule has 17 heteroatoms. The third kappa shape index (κ3) is 2.97. The van der Waals surface area contributed by atoms with E-state index in [0.717, 1.165) is 0 Å². The number of hydrogen-bond acceptors (Lipinski definition) is 3. The SMILES string of the molecule is CC(F)C(F)(F)C(F)(F)C(F)(F)C(F)(F)C(F)(F)C(F)(F)[Si](O)(O)O. The molecule has 1 unspecified atom stereocenters. The fourth-order valence-corrected chi connectivity index (χ4v) is 1.84. The summed E-state index contributed by atoms with van der Waals surface area (Å²) < 4.78 is 168. The molecule has 152 valence electrons. The van der Waals surface area contributed by atoms with Crippen LogP contribution in [0.2, 0.25) is 0 Å². The first-order valence-electron chi connectivity index (χ1n) is 5.52. The van der Waals surface area contributed by atoms with E-state index >= 15 is 0 Å². The Morgan fingerprint density at radius 1 is 0.600 bits per heavy atom. The minimum Gasteiger partial charge on any atom is -0.386 e. The van der Waals surface area contributed by atoms with Gasteiger partial charge in [-0.15, -0.1) is 0 Å². The van der Waals surface area contributed by atoms with Gasteiger partial charge < -0.3 is 14.4 Å². The monoisotopic (exact) mass is 426 g/mol. The molecule has 3 nitrogen and oxygen atoms in total. The average Bonchev–Trinajstić information content (AvgIpc) is 2.35. The van der Waals surface area contributed by atoms with Crippen LogP contribution in [0.5, 0.6) is 0 Å². The zero-order chi connectivity index (χ0) is 21.1. The van der Waals surface area contributed by atoms with Crippen LogP contribution in [0.25, 0.3) is 0 Å². The van der Waals surface area contributed by atoms with Gasteiger partial charge in [0.1, 0.15) is 0 Å². The molecule has 0 spiro atoms. The van der Waals surface area contributed by atoms with Gasteiger partial charge in [-0.05, 0) is 6.92 Å². The van der Waals surface area contributed by atoms with E-state index in [0.29, 0.717) is 0 Å². The van der Waals surface area contributed by atoms with Crippen molar-refractivity contribution in [2.45, 2.75) is 48.3 Å². The van der Waals surface area contributed by atoms with Crippen LogP contribution in [-0.2, 0) is 0 Å². The molecule has 0 saturated carbocycles. The van der Waals surface area contributed by atoms with Crippen LogP contribution >= 0.6 is 0 Å². The molecule has 0 fully saturated rings. The molecule has 0 aliphatic heterocycles. The van der Waals surface area contributed by atoms with Crippen molar-refractivity contribution >= 4 is 8.80 Å². The Bertz CT molecular complexity index is 498. The van der Waals surface area contributed by atoms with Gasteiger partial charge in [-0.2, -0.15) is 52.7 Å². The van der Waals surface area contributed by atoms with Crippen LogP contribution < -0.4 is 0 Å². The summed E-state index contributed by atoms with van der Waals surface area (Å²) in [5.41, 5.74) is -7.22. The van der Waals surface area contributed by atoms with Crippen LogP contribution in [-0.4, -0.2) is 64.5 Å². The molecular weight excluding hydrogens is 419 g/mol. The molecular formula is C8H7F13O3Si. The van der Waals surface area contributed by atoms with E-state index in [4.69, 9.17) is 14.4 Å². The van der Waals surface area contributed by atoms with Crippen molar-refractivity contribution in [2.24, 2.45) is 0 Å². The van der Waals surface area contributed by atoms with E-state index < -0.39 is 57.1 Å². The van der Waals surface area contributed by atoms with Crippen molar-refractivity contribution in [3.05, 3.63) is 0 Å². The number of halogens is 13. The summed E-state index contributed by atoms with van der Waals surface area (Å²) in [7, 11) is -7.74. The lowest BCUT2D eigenvalue weighted by molar-refractivity contribution is -0.424. The molecule has 0 aliphatic rings. The summed E-state index contributed by atoms with van der Waals surface area (Å²) in [6, 6.07) is 0. The number of rotatable bonds is 7. The summed E-state index contributed by atoms with van der Waals surface area (Å²) in [4.78, 5) is 24.0. The third-order valence-electron chi connectivity index (χ3n) is 2.92. The molecule has 1 atom stereocenters. The second kappa shape index (κ2) is 5.85. The molecule has 0 radical (unpaired) electrons. The third-order valence-corrected chi connectivity index (χ3v) is 4.07. The Kier molecular flexibility index (Phi) is 5.66. The summed E-state index contributed by atoms with van der Waals surface area (Å²) in [6.45, 7) is -0.540. The highest BCUT2D eigenvalue weighted by Crippen LogP contribution is 2.61. The molecule has 0 heterocycles. The van der Waals surface area contributed by atoms with Crippen molar-refractivity contribution in [2.75, 3.05) is 0 Å². The van der Waals surface area contributed by atoms with E-state index in [2.05, 4.69) is 0 Å². The summed E-state index contributed by atoms with van der Waals surface area (Å²) >= 11 is 0. The van der Waals surface area contributed by atoms with Crippen LogP contribution in [0, 0.1) is 0 Å². The quantitative estimate of drug-likeness (QED) is 0.434. The molecule has 0 aromatic heterocycles. The van der Waals surface area contributed by atoms with Gasteiger partial charge in [0.2, 0.25) is 0 Å². The molecule has 0 saturated heterocycles. The highest BCUT2D eigenvalue weighted by atomic mass is 28.4. The minimum absolute atomic E-state index is 0.540. The average molecular weight is 426 g/mol. The Morgan fingerprint density at radius 3 is 1.12 bits per heavy atom. The van der Waals surface area contributed by atoms with E-state index in [1.165, 1.54) is 0 Å². The normalized spacial score (nSPS) is 17.6. The van der Waals surface area contributed by atoms with Crippen LogP contribution in [0.1, 0.15) is 6.92 Å². The first-order chi connectivity index (χ1) is 10.4. The first kappa shape index (κ1) is 24.2. The Balaban J connectivity index is 6.50. The van der Waals surface area contributed by atoms with Crippen LogP contribution in [0.3, 0.4) is 0 Å². The minimum atomic E-state index is -8.10. The van der Waals surface area contributed by atoms with Crippen molar-refractivity contribution in [1.82, 2.24) is 0 Å². The molecule has 0 bridgehead atoms. The van der Waals surface area contributed by atoms with Crippen LogP contribution in [0.4, 0.5) is 57.1 Å². The smallest absolute Gasteiger partial charge is 0.386 e. The van der Waals surface area contributed by atoms with E-state index in [1.54, 1.807) is 0 Å². The van der Waals surface area contributed by atoms with Crippen molar-refractivity contribution in [3.8, 4) is 0 Å². The highest BCUT2D eigenvalue weighted by molar-refractivity contribution is 6.59. The van der Waals surface area contributed by atoms with Gasteiger partial charge >= 0.3 is 44.0 Å². The van der Waals surface area contributed by atoms with Gasteiger partial charge in [0.05, 0.1) is 0 Å².